The molecule has 0 saturated heterocycles. The van der Waals surface area contributed by atoms with Crippen molar-refractivity contribution >= 4 is 15.7 Å². The predicted molar refractivity (Wildman–Crippen MR) is 65.4 cm³/mol. The van der Waals surface area contributed by atoms with Gasteiger partial charge in [0, 0.05) is 0 Å². The van der Waals surface area contributed by atoms with E-state index in [0.29, 0.717) is 0 Å². The topological polar surface area (TPSA) is 133 Å². The van der Waals surface area contributed by atoms with Crippen LogP contribution in [0.2, 0.25) is 0 Å². The number of hydrogen-bond acceptors (Lipinski definition) is 6. The number of phenolic OH excluding ortho intramolecular Hbond substituents is 1. The molecule has 1 rings (SSSR count). The van der Waals surface area contributed by atoms with Crippen LogP contribution in [0.25, 0.3) is 0 Å². The summed E-state index contributed by atoms with van der Waals surface area (Å²) in [4.78, 5) is -0.161. The Morgan fingerprint density at radius 1 is 1.33 bits per heavy atom. The minimum Gasteiger partial charge on any atom is -0.506 e. The summed E-state index contributed by atoms with van der Waals surface area (Å²) in [6, 6.07) is 3.41. The van der Waals surface area contributed by atoms with Crippen LogP contribution in [0.1, 0.15) is 6.92 Å². The number of hydrogen-bond donors (Lipinski definition) is 5. The standard InChI is InChI=1S/C10H16N2O5S/c1-10(5-13,6-14)12-18(16,17)7-2-3-9(15)8(11)4-7/h2-4,12-15H,5-6,11H2,1H3. The van der Waals surface area contributed by atoms with E-state index >= 15 is 0 Å². The molecule has 0 radical (unpaired) electrons. The number of rotatable bonds is 5. The number of aliphatic hydroxyl groups excluding tert-OH is 2. The first kappa shape index (κ1) is 14.7. The number of nitrogens with one attached hydrogen (secondary N) is 1. The van der Waals surface area contributed by atoms with Gasteiger partial charge in [0.2, 0.25) is 10.0 Å². The van der Waals surface area contributed by atoms with Gasteiger partial charge in [-0.15, -0.1) is 0 Å². The maximum Gasteiger partial charge on any atom is 0.241 e. The SMILES string of the molecule is CC(CO)(CO)NS(=O)(=O)c1ccc(O)c(N)c1. The monoisotopic (exact) mass is 276 g/mol. The Morgan fingerprint density at radius 2 is 1.89 bits per heavy atom. The van der Waals surface area contributed by atoms with Gasteiger partial charge in [0.15, 0.2) is 0 Å². The summed E-state index contributed by atoms with van der Waals surface area (Å²) in [6.45, 7) is 0.237. The van der Waals surface area contributed by atoms with Crippen molar-refractivity contribution in [2.24, 2.45) is 0 Å². The summed E-state index contributed by atoms with van der Waals surface area (Å²) < 4.78 is 26.1. The van der Waals surface area contributed by atoms with E-state index in [2.05, 4.69) is 4.72 Å². The number of nitrogens with two attached hydrogens (primary N) is 1. The molecule has 0 fully saturated rings. The van der Waals surface area contributed by atoms with Crippen LogP contribution in [0.3, 0.4) is 0 Å². The normalized spacial score (nSPS) is 12.6. The highest BCUT2D eigenvalue weighted by Gasteiger charge is 2.29. The molecule has 0 amide bonds. The minimum absolute atomic E-state index is 0.0763. The Kier molecular flexibility index (Phi) is 4.17. The summed E-state index contributed by atoms with van der Waals surface area (Å²) in [6.07, 6.45) is 0. The van der Waals surface area contributed by atoms with E-state index in [1.54, 1.807) is 0 Å². The van der Waals surface area contributed by atoms with E-state index in [1.165, 1.54) is 13.0 Å². The number of aliphatic hydroxyl groups is 2. The van der Waals surface area contributed by atoms with E-state index in [-0.39, 0.29) is 16.3 Å². The number of anilines is 1. The lowest BCUT2D eigenvalue weighted by molar-refractivity contribution is 0.122. The Labute approximate surface area is 105 Å². The van der Waals surface area contributed by atoms with Gasteiger partial charge in [-0.2, -0.15) is 0 Å². The Balaban J connectivity index is 3.10. The maximum absolute atomic E-state index is 12.0. The van der Waals surface area contributed by atoms with E-state index < -0.39 is 28.8 Å². The van der Waals surface area contributed by atoms with Crippen molar-refractivity contribution in [1.82, 2.24) is 4.72 Å². The summed E-state index contributed by atoms with van der Waals surface area (Å²) in [5, 5.41) is 27.3. The first-order chi connectivity index (χ1) is 8.24. The first-order valence-electron chi connectivity index (χ1n) is 5.08. The number of phenols is 1. The van der Waals surface area contributed by atoms with Crippen LogP contribution in [-0.2, 0) is 10.0 Å². The van der Waals surface area contributed by atoms with Crippen molar-refractivity contribution < 1.29 is 23.7 Å². The molecule has 8 heteroatoms. The molecule has 0 aliphatic carbocycles. The van der Waals surface area contributed by atoms with Crippen LogP contribution in [0.15, 0.2) is 23.1 Å². The van der Waals surface area contributed by atoms with Crippen LogP contribution in [-0.4, -0.2) is 42.5 Å². The summed E-state index contributed by atoms with van der Waals surface area (Å²) in [7, 11) is -3.94. The van der Waals surface area contributed by atoms with Gasteiger partial charge in [0.25, 0.3) is 0 Å². The van der Waals surface area contributed by atoms with E-state index in [9.17, 15) is 13.5 Å². The van der Waals surface area contributed by atoms with Crippen LogP contribution < -0.4 is 10.5 Å². The van der Waals surface area contributed by atoms with Crippen molar-refractivity contribution in [3.63, 3.8) is 0 Å². The fraction of sp³-hybridized carbons (Fsp3) is 0.400. The molecule has 1 aromatic carbocycles. The molecule has 0 spiro atoms. The van der Waals surface area contributed by atoms with E-state index in [0.717, 1.165) is 12.1 Å². The molecule has 0 saturated carbocycles. The molecule has 7 nitrogen and oxygen atoms in total. The van der Waals surface area contributed by atoms with Crippen molar-refractivity contribution in [2.45, 2.75) is 17.4 Å². The molecule has 6 N–H and O–H groups in total. The van der Waals surface area contributed by atoms with Crippen LogP contribution in [0.5, 0.6) is 5.75 Å². The summed E-state index contributed by atoms with van der Waals surface area (Å²) >= 11 is 0. The van der Waals surface area contributed by atoms with Gasteiger partial charge < -0.3 is 21.1 Å². The molecular weight excluding hydrogens is 260 g/mol. The fourth-order valence-corrected chi connectivity index (χ4v) is 2.62. The zero-order valence-electron chi connectivity index (χ0n) is 9.79. The Morgan fingerprint density at radius 3 is 2.33 bits per heavy atom. The molecule has 0 heterocycles. The van der Waals surface area contributed by atoms with Gasteiger partial charge in [0.05, 0.1) is 29.3 Å². The molecule has 0 aliphatic heterocycles. The average Bonchev–Trinajstić information content (AvgIpc) is 2.32. The average molecular weight is 276 g/mol. The number of sulfonamides is 1. The first-order valence-corrected chi connectivity index (χ1v) is 6.56. The van der Waals surface area contributed by atoms with Gasteiger partial charge in [0.1, 0.15) is 5.75 Å². The molecular formula is C10H16N2O5S. The van der Waals surface area contributed by atoms with Gasteiger partial charge in [-0.1, -0.05) is 0 Å². The summed E-state index contributed by atoms with van der Waals surface area (Å²) in [5.74, 6) is -0.221. The molecule has 0 aromatic heterocycles. The summed E-state index contributed by atoms with van der Waals surface area (Å²) in [5.41, 5.74) is 3.96. The lowest BCUT2D eigenvalue weighted by atomic mass is 10.1. The third kappa shape index (κ3) is 3.10. The van der Waals surface area contributed by atoms with Gasteiger partial charge in [-0.25, -0.2) is 13.1 Å². The lowest BCUT2D eigenvalue weighted by Gasteiger charge is -2.25. The predicted octanol–water partition coefficient (Wildman–Crippen LogP) is -1.00. The highest BCUT2D eigenvalue weighted by Crippen LogP contribution is 2.23. The maximum atomic E-state index is 12.0. The molecule has 1 aromatic rings. The smallest absolute Gasteiger partial charge is 0.241 e. The zero-order chi connectivity index (χ0) is 14.0. The molecule has 0 aliphatic rings. The molecule has 102 valence electrons. The zero-order valence-corrected chi connectivity index (χ0v) is 10.6. The van der Waals surface area contributed by atoms with Gasteiger partial charge in [-0.05, 0) is 25.1 Å². The Hall–Kier alpha value is -1.35. The second-order valence-corrected chi connectivity index (χ2v) is 5.89. The third-order valence-corrected chi connectivity index (χ3v) is 4.02. The number of benzene rings is 1. The van der Waals surface area contributed by atoms with Crippen molar-refractivity contribution in [1.29, 1.82) is 0 Å². The van der Waals surface area contributed by atoms with Crippen LogP contribution in [0.4, 0.5) is 5.69 Å². The van der Waals surface area contributed by atoms with Crippen LogP contribution in [0, 0.1) is 0 Å². The molecule has 0 atom stereocenters. The minimum atomic E-state index is -3.94. The second-order valence-electron chi connectivity index (χ2n) is 4.20. The largest absolute Gasteiger partial charge is 0.506 e. The van der Waals surface area contributed by atoms with Gasteiger partial charge in [-0.3, -0.25) is 0 Å². The highest BCUT2D eigenvalue weighted by molar-refractivity contribution is 7.89. The highest BCUT2D eigenvalue weighted by atomic mass is 32.2. The number of nitrogen functional groups attached to an aromatic ring is 1. The van der Waals surface area contributed by atoms with Gasteiger partial charge >= 0.3 is 0 Å². The van der Waals surface area contributed by atoms with E-state index in [1.807, 2.05) is 0 Å². The molecule has 18 heavy (non-hydrogen) atoms. The lowest BCUT2D eigenvalue weighted by Crippen LogP contribution is -2.51. The van der Waals surface area contributed by atoms with E-state index in [4.69, 9.17) is 15.9 Å². The van der Waals surface area contributed by atoms with Crippen molar-refractivity contribution in [3.05, 3.63) is 18.2 Å². The number of aromatic hydroxyl groups is 1. The van der Waals surface area contributed by atoms with Crippen molar-refractivity contribution in [3.8, 4) is 5.75 Å². The molecule has 0 bridgehead atoms. The second kappa shape index (κ2) is 5.11. The molecule has 0 unspecified atom stereocenters. The quantitative estimate of drug-likeness (QED) is 0.346. The third-order valence-electron chi connectivity index (χ3n) is 2.39. The van der Waals surface area contributed by atoms with Crippen LogP contribution >= 0.6 is 0 Å². The van der Waals surface area contributed by atoms with Crippen molar-refractivity contribution in [2.75, 3.05) is 18.9 Å². The Bertz CT molecular complexity index is 525. The fourth-order valence-electron chi connectivity index (χ4n) is 1.20.